The van der Waals surface area contributed by atoms with Crippen LogP contribution in [0, 0.1) is 18.3 Å². The summed E-state index contributed by atoms with van der Waals surface area (Å²) in [5.74, 6) is 0.247. The number of rotatable bonds is 10. The number of sulfonamides is 1. The van der Waals surface area contributed by atoms with Crippen molar-refractivity contribution in [3.8, 4) is 17.3 Å². The largest absolute Gasteiger partial charge is 0.382 e. The van der Waals surface area contributed by atoms with Crippen molar-refractivity contribution in [1.29, 1.82) is 5.26 Å². The Bertz CT molecular complexity index is 1680. The maximum absolute atomic E-state index is 13.2. The fourth-order valence-electron chi connectivity index (χ4n) is 4.80. The van der Waals surface area contributed by atoms with Crippen molar-refractivity contribution in [1.82, 2.24) is 28.6 Å². The van der Waals surface area contributed by atoms with Gasteiger partial charge in [-0.05, 0) is 31.2 Å². The third kappa shape index (κ3) is 5.27. The molecule has 0 spiro atoms. The fraction of sp³-hybridized carbons (Fsp3) is 0.407. The van der Waals surface area contributed by atoms with E-state index in [1.807, 2.05) is 23.8 Å². The first-order valence-electron chi connectivity index (χ1n) is 13.1. The van der Waals surface area contributed by atoms with Crippen LogP contribution in [0.1, 0.15) is 12.0 Å². The molecule has 0 amide bonds. The Morgan fingerprint density at radius 3 is 2.55 bits per heavy atom. The second kappa shape index (κ2) is 10.4. The van der Waals surface area contributed by atoms with E-state index >= 15 is 0 Å². The number of fused-ring (bicyclic) bond motifs is 1. The van der Waals surface area contributed by atoms with E-state index in [1.165, 1.54) is 10.6 Å². The average Bonchev–Trinajstić information content (AvgIpc) is 3.47. The molecular weight excluding hydrogens is 545 g/mol. The number of nitrogens with two attached hydrogens (primary N) is 1. The smallest absolute Gasteiger partial charge is 0.243 e. The Labute approximate surface area is 235 Å². The van der Waals surface area contributed by atoms with Crippen LogP contribution < -0.4 is 5.73 Å². The van der Waals surface area contributed by atoms with Gasteiger partial charge in [-0.15, -0.1) is 0 Å². The number of aryl methyl sites for hydroxylation is 1. The van der Waals surface area contributed by atoms with E-state index in [9.17, 15) is 13.7 Å². The molecule has 5 rings (SSSR count). The molecule has 13 heteroatoms. The van der Waals surface area contributed by atoms with Gasteiger partial charge in [-0.2, -0.15) is 14.7 Å². The molecule has 40 heavy (non-hydrogen) atoms. The molecule has 1 aromatic carbocycles. The Morgan fingerprint density at radius 1 is 1.15 bits per heavy atom. The van der Waals surface area contributed by atoms with Crippen LogP contribution in [0.4, 0.5) is 5.82 Å². The molecular formula is C27H34N8O3SSi. The summed E-state index contributed by atoms with van der Waals surface area (Å²) in [6, 6.07) is 11.9. The predicted molar refractivity (Wildman–Crippen MR) is 155 cm³/mol. The third-order valence-corrected chi connectivity index (χ3v) is 10.8. The monoisotopic (exact) mass is 578 g/mol. The highest BCUT2D eigenvalue weighted by molar-refractivity contribution is 7.89. The summed E-state index contributed by atoms with van der Waals surface area (Å²) >= 11 is 0. The van der Waals surface area contributed by atoms with Crippen molar-refractivity contribution in [3.05, 3.63) is 54.6 Å². The molecule has 3 aromatic heterocycles. The van der Waals surface area contributed by atoms with E-state index in [0.29, 0.717) is 24.6 Å². The van der Waals surface area contributed by atoms with Gasteiger partial charge in [0.25, 0.3) is 0 Å². The van der Waals surface area contributed by atoms with Gasteiger partial charge in [-0.1, -0.05) is 37.3 Å². The Balaban J connectivity index is 1.39. The minimum absolute atomic E-state index is 0.0812. The molecule has 4 aromatic rings. The molecule has 4 heterocycles. The minimum atomic E-state index is -3.70. The van der Waals surface area contributed by atoms with Gasteiger partial charge in [0, 0.05) is 45.6 Å². The first kappa shape index (κ1) is 28.0. The molecule has 0 radical (unpaired) electrons. The zero-order valence-electron chi connectivity index (χ0n) is 23.2. The summed E-state index contributed by atoms with van der Waals surface area (Å²) in [5, 5.41) is 14.9. The summed E-state index contributed by atoms with van der Waals surface area (Å²) in [5.41, 5.74) is 8.45. The number of aromatic nitrogens is 5. The Kier molecular flexibility index (Phi) is 7.30. The van der Waals surface area contributed by atoms with Crippen LogP contribution in [0.5, 0.6) is 0 Å². The molecule has 1 fully saturated rings. The van der Waals surface area contributed by atoms with Crippen LogP contribution >= 0.6 is 0 Å². The van der Waals surface area contributed by atoms with Crippen molar-refractivity contribution in [2.75, 3.05) is 25.4 Å². The van der Waals surface area contributed by atoms with Crippen LogP contribution in [0.2, 0.25) is 25.7 Å². The van der Waals surface area contributed by atoms with E-state index in [1.54, 1.807) is 35.1 Å². The summed E-state index contributed by atoms with van der Waals surface area (Å²) in [6.45, 7) is 10.2. The van der Waals surface area contributed by atoms with Crippen molar-refractivity contribution in [2.45, 2.75) is 56.2 Å². The van der Waals surface area contributed by atoms with Crippen LogP contribution in [0.3, 0.4) is 0 Å². The maximum atomic E-state index is 13.2. The van der Waals surface area contributed by atoms with Crippen LogP contribution in [-0.4, -0.2) is 64.8 Å². The molecule has 11 nitrogen and oxygen atoms in total. The topological polar surface area (TPSA) is 145 Å². The number of nitrogens with zero attached hydrogens (tertiary/aromatic N) is 7. The first-order chi connectivity index (χ1) is 18.9. The van der Waals surface area contributed by atoms with Gasteiger partial charge in [0.2, 0.25) is 10.0 Å². The molecule has 210 valence electrons. The molecule has 0 unspecified atom stereocenters. The molecule has 0 bridgehead atoms. The molecule has 0 aliphatic carbocycles. The second-order valence-corrected chi connectivity index (χ2v) is 19.2. The SMILES string of the molecule is Cc1ccc(S(=O)(=O)N2CC(CC#N)(n3cc(-c4ncnc5c4ccn5COCC[Si](C)(C)C)c(N)n3)C2)cc1. The molecule has 0 saturated carbocycles. The number of hydrogen-bond acceptors (Lipinski definition) is 8. The highest BCUT2D eigenvalue weighted by atomic mass is 32.2. The van der Waals surface area contributed by atoms with Gasteiger partial charge in [-0.3, -0.25) is 4.68 Å². The number of anilines is 1. The number of ether oxygens (including phenoxy) is 1. The number of hydrogen-bond donors (Lipinski definition) is 1. The highest BCUT2D eigenvalue weighted by Crippen LogP contribution is 2.39. The number of benzene rings is 1. The van der Waals surface area contributed by atoms with Gasteiger partial charge in [-0.25, -0.2) is 18.4 Å². The van der Waals surface area contributed by atoms with Gasteiger partial charge >= 0.3 is 0 Å². The summed E-state index contributed by atoms with van der Waals surface area (Å²) in [4.78, 5) is 9.19. The van der Waals surface area contributed by atoms with E-state index in [0.717, 1.165) is 22.6 Å². The van der Waals surface area contributed by atoms with E-state index in [2.05, 4.69) is 40.8 Å². The average molecular weight is 579 g/mol. The van der Waals surface area contributed by atoms with Gasteiger partial charge in [0.1, 0.15) is 24.2 Å². The molecule has 2 N–H and O–H groups in total. The highest BCUT2D eigenvalue weighted by Gasteiger charge is 2.51. The van der Waals surface area contributed by atoms with E-state index in [4.69, 9.17) is 10.5 Å². The lowest BCUT2D eigenvalue weighted by molar-refractivity contribution is 0.0720. The first-order valence-corrected chi connectivity index (χ1v) is 18.3. The predicted octanol–water partition coefficient (Wildman–Crippen LogP) is 3.81. The number of nitrogen functional groups attached to an aromatic ring is 1. The van der Waals surface area contributed by atoms with Gasteiger partial charge < -0.3 is 15.0 Å². The fourth-order valence-corrected chi connectivity index (χ4v) is 7.16. The maximum Gasteiger partial charge on any atom is 0.243 e. The third-order valence-electron chi connectivity index (χ3n) is 7.27. The zero-order valence-corrected chi connectivity index (χ0v) is 25.0. The van der Waals surface area contributed by atoms with E-state index in [-0.39, 0.29) is 30.2 Å². The number of nitriles is 1. The van der Waals surface area contributed by atoms with Crippen LogP contribution in [0.25, 0.3) is 22.3 Å². The van der Waals surface area contributed by atoms with Crippen molar-refractivity contribution >= 4 is 34.9 Å². The standard InChI is InChI=1S/C27H34N8O3SSi/c1-20-5-7-21(8-6-20)39(36,37)34-16-27(17-34,10-11-28)35-15-23(25(29)32-35)24-22-9-12-33(26(22)31-18-30-24)19-38-13-14-40(2,3)4/h5-9,12,15,18H,10,13-14,16-17,19H2,1-4H3,(H2,29,32). The molecule has 1 aliphatic heterocycles. The summed E-state index contributed by atoms with van der Waals surface area (Å²) in [7, 11) is -4.88. The lowest BCUT2D eigenvalue weighted by Gasteiger charge is -2.47. The quantitative estimate of drug-likeness (QED) is 0.221. The molecule has 1 saturated heterocycles. The normalized spacial score (nSPS) is 15.7. The van der Waals surface area contributed by atoms with Gasteiger partial charge in [0.05, 0.1) is 28.6 Å². The van der Waals surface area contributed by atoms with Crippen molar-refractivity contribution in [2.24, 2.45) is 0 Å². The van der Waals surface area contributed by atoms with Crippen molar-refractivity contribution in [3.63, 3.8) is 0 Å². The van der Waals surface area contributed by atoms with Gasteiger partial charge in [0.15, 0.2) is 5.82 Å². The van der Waals surface area contributed by atoms with Crippen molar-refractivity contribution < 1.29 is 13.2 Å². The molecule has 1 aliphatic rings. The van der Waals surface area contributed by atoms with Crippen LogP contribution in [0.15, 0.2) is 53.9 Å². The lowest BCUT2D eigenvalue weighted by atomic mass is 9.89. The lowest BCUT2D eigenvalue weighted by Crippen LogP contribution is -2.64. The van der Waals surface area contributed by atoms with E-state index < -0.39 is 23.6 Å². The summed E-state index contributed by atoms with van der Waals surface area (Å²) in [6.07, 6.45) is 5.23. The Hall–Kier alpha value is -3.57. The zero-order chi connectivity index (χ0) is 28.7. The molecule has 0 atom stereocenters. The minimum Gasteiger partial charge on any atom is -0.382 e. The van der Waals surface area contributed by atoms with Crippen LogP contribution in [-0.2, 0) is 27.0 Å². The second-order valence-electron chi connectivity index (χ2n) is 11.6. The summed E-state index contributed by atoms with van der Waals surface area (Å²) < 4.78 is 37.2. The Morgan fingerprint density at radius 2 is 1.88 bits per heavy atom.